The van der Waals surface area contributed by atoms with E-state index in [1.54, 1.807) is 25.3 Å². The fourth-order valence-electron chi connectivity index (χ4n) is 2.46. The maximum atomic E-state index is 14.6. The largest absolute Gasteiger partial charge is 0.421 e. The number of hydrogen-bond donors (Lipinski definition) is 1. The van der Waals surface area contributed by atoms with Gasteiger partial charge in [-0.2, -0.15) is 0 Å². The van der Waals surface area contributed by atoms with Gasteiger partial charge in [-0.1, -0.05) is 6.07 Å². The van der Waals surface area contributed by atoms with Crippen LogP contribution >= 0.6 is 15.9 Å². The van der Waals surface area contributed by atoms with Crippen LogP contribution in [0.1, 0.15) is 5.69 Å². The van der Waals surface area contributed by atoms with Crippen LogP contribution in [0.2, 0.25) is 0 Å². The van der Waals surface area contributed by atoms with E-state index in [1.165, 1.54) is 23.1 Å². The number of rotatable bonds is 3. The van der Waals surface area contributed by atoms with E-state index in [2.05, 4.69) is 41.1 Å². The molecule has 4 rings (SSSR count). The molecule has 26 heavy (non-hydrogen) atoms. The lowest BCUT2D eigenvalue weighted by Crippen LogP contribution is -2.00. The molecule has 2 N–H and O–H groups in total. The molecule has 0 amide bonds. The zero-order valence-electron chi connectivity index (χ0n) is 13.4. The SMILES string of the molecule is Cc1ccnc(Oc2ccc(-c3c(Br)nn4ncnc(N)c34)cc2F)n1. The number of aromatic nitrogens is 6. The summed E-state index contributed by atoms with van der Waals surface area (Å²) in [5.41, 5.74) is 8.25. The van der Waals surface area contributed by atoms with Crippen molar-refractivity contribution < 1.29 is 9.13 Å². The lowest BCUT2D eigenvalue weighted by atomic mass is 10.1. The Morgan fingerprint density at radius 1 is 1.23 bits per heavy atom. The normalized spacial score (nSPS) is 11.0. The molecule has 3 heterocycles. The summed E-state index contributed by atoms with van der Waals surface area (Å²) in [6.07, 6.45) is 2.84. The van der Waals surface area contributed by atoms with Crippen molar-refractivity contribution in [1.29, 1.82) is 0 Å². The van der Waals surface area contributed by atoms with Crippen LogP contribution in [-0.2, 0) is 0 Å². The Bertz CT molecular complexity index is 1130. The first kappa shape index (κ1) is 16.3. The number of halogens is 2. The molecule has 1 aromatic carbocycles. The second kappa shape index (κ2) is 6.30. The molecule has 0 aliphatic rings. The molecule has 0 radical (unpaired) electrons. The number of hydrogen-bond acceptors (Lipinski definition) is 7. The third-order valence-corrected chi connectivity index (χ3v) is 4.18. The highest BCUT2D eigenvalue weighted by Crippen LogP contribution is 2.36. The Kier molecular flexibility index (Phi) is 3.96. The number of nitrogen functional groups attached to an aromatic ring is 1. The smallest absolute Gasteiger partial charge is 0.322 e. The highest BCUT2D eigenvalue weighted by molar-refractivity contribution is 9.10. The van der Waals surface area contributed by atoms with E-state index in [0.717, 1.165) is 5.69 Å². The van der Waals surface area contributed by atoms with Crippen molar-refractivity contribution in [3.8, 4) is 22.9 Å². The van der Waals surface area contributed by atoms with E-state index in [4.69, 9.17) is 10.5 Å². The summed E-state index contributed by atoms with van der Waals surface area (Å²) in [6, 6.07) is 6.29. The number of fused-ring (bicyclic) bond motifs is 1. The number of nitrogens with zero attached hydrogens (tertiary/aromatic N) is 6. The fourth-order valence-corrected chi connectivity index (χ4v) is 3.03. The number of aryl methyl sites for hydroxylation is 1. The first-order valence-corrected chi connectivity index (χ1v) is 8.24. The number of ether oxygens (including phenoxy) is 1. The van der Waals surface area contributed by atoms with Crippen LogP contribution in [0.5, 0.6) is 11.8 Å². The lowest BCUT2D eigenvalue weighted by molar-refractivity contribution is 0.410. The molecule has 3 aromatic heterocycles. The van der Waals surface area contributed by atoms with Gasteiger partial charge >= 0.3 is 6.01 Å². The highest BCUT2D eigenvalue weighted by Gasteiger charge is 2.18. The van der Waals surface area contributed by atoms with Crippen molar-refractivity contribution in [2.24, 2.45) is 0 Å². The molecule has 0 bridgehead atoms. The van der Waals surface area contributed by atoms with Gasteiger partial charge in [-0.15, -0.1) is 14.8 Å². The Morgan fingerprint density at radius 3 is 2.85 bits per heavy atom. The van der Waals surface area contributed by atoms with E-state index in [9.17, 15) is 4.39 Å². The van der Waals surface area contributed by atoms with Gasteiger partial charge in [-0.05, 0) is 46.6 Å². The summed E-state index contributed by atoms with van der Waals surface area (Å²) in [5, 5.41) is 8.21. The molecule has 0 fully saturated rings. The van der Waals surface area contributed by atoms with Crippen molar-refractivity contribution >= 4 is 27.3 Å². The van der Waals surface area contributed by atoms with Gasteiger partial charge in [0.1, 0.15) is 16.4 Å². The molecule has 4 aromatic rings. The lowest BCUT2D eigenvalue weighted by Gasteiger charge is -2.07. The fraction of sp³-hybridized carbons (Fsp3) is 0.0625. The zero-order chi connectivity index (χ0) is 18.3. The maximum Gasteiger partial charge on any atom is 0.322 e. The molecule has 0 spiro atoms. The van der Waals surface area contributed by atoms with Crippen LogP contribution in [-0.4, -0.2) is 29.8 Å². The average molecular weight is 416 g/mol. The van der Waals surface area contributed by atoms with Crippen LogP contribution in [0.15, 0.2) is 41.4 Å². The standard InChI is InChI=1S/C16H11BrFN7O/c1-8-4-5-20-16(23-8)26-11-3-2-9(6-10(11)18)12-13-15(19)21-7-22-25(13)24-14(12)17/h2-7H,1H3,(H2,19,21,22). The molecule has 8 nitrogen and oxygen atoms in total. The Morgan fingerprint density at radius 2 is 2.08 bits per heavy atom. The molecular weight excluding hydrogens is 405 g/mol. The number of anilines is 1. The van der Waals surface area contributed by atoms with Gasteiger partial charge < -0.3 is 10.5 Å². The Balaban J connectivity index is 1.76. The zero-order valence-corrected chi connectivity index (χ0v) is 15.0. The van der Waals surface area contributed by atoms with E-state index in [0.29, 0.717) is 21.2 Å². The van der Waals surface area contributed by atoms with Gasteiger partial charge in [0.15, 0.2) is 17.4 Å². The van der Waals surface area contributed by atoms with Gasteiger partial charge in [0.2, 0.25) is 0 Å². The predicted octanol–water partition coefficient (Wildman–Crippen LogP) is 3.17. The average Bonchev–Trinajstić information content (AvgIpc) is 2.94. The molecular formula is C16H11BrFN7O. The van der Waals surface area contributed by atoms with E-state index in [1.807, 2.05) is 0 Å². The van der Waals surface area contributed by atoms with E-state index in [-0.39, 0.29) is 17.6 Å². The first-order valence-electron chi connectivity index (χ1n) is 7.45. The van der Waals surface area contributed by atoms with Gasteiger partial charge in [0.05, 0.1) is 0 Å². The summed E-state index contributed by atoms with van der Waals surface area (Å²) in [5.74, 6) is -0.326. The third-order valence-electron chi connectivity index (χ3n) is 3.62. The topological polar surface area (TPSA) is 104 Å². The number of nitrogens with two attached hydrogens (primary N) is 1. The minimum Gasteiger partial charge on any atom is -0.421 e. The summed E-state index contributed by atoms with van der Waals surface area (Å²) >= 11 is 3.36. The molecule has 0 aliphatic heterocycles. The van der Waals surface area contributed by atoms with Crippen LogP contribution < -0.4 is 10.5 Å². The van der Waals surface area contributed by atoms with Gasteiger partial charge in [-0.25, -0.2) is 19.3 Å². The maximum absolute atomic E-state index is 14.6. The molecule has 0 aliphatic carbocycles. The molecule has 10 heteroatoms. The van der Waals surface area contributed by atoms with Gasteiger partial charge in [0, 0.05) is 17.5 Å². The van der Waals surface area contributed by atoms with Crippen molar-refractivity contribution in [2.45, 2.75) is 6.92 Å². The highest BCUT2D eigenvalue weighted by atomic mass is 79.9. The monoisotopic (exact) mass is 415 g/mol. The molecule has 0 unspecified atom stereocenters. The van der Waals surface area contributed by atoms with E-state index >= 15 is 0 Å². The molecule has 0 saturated heterocycles. The Labute approximate surface area is 155 Å². The minimum atomic E-state index is -0.575. The first-order chi connectivity index (χ1) is 12.5. The predicted molar refractivity (Wildman–Crippen MR) is 95.1 cm³/mol. The molecule has 0 saturated carbocycles. The quantitative estimate of drug-likeness (QED) is 0.547. The summed E-state index contributed by atoms with van der Waals surface area (Å²) in [6.45, 7) is 1.79. The molecule has 0 atom stereocenters. The van der Waals surface area contributed by atoms with Crippen LogP contribution in [0, 0.1) is 12.7 Å². The van der Waals surface area contributed by atoms with Crippen molar-refractivity contribution in [3.05, 3.63) is 52.9 Å². The summed E-state index contributed by atoms with van der Waals surface area (Å²) in [7, 11) is 0. The van der Waals surface area contributed by atoms with Crippen molar-refractivity contribution in [1.82, 2.24) is 29.8 Å². The third kappa shape index (κ3) is 2.84. The van der Waals surface area contributed by atoms with Gasteiger partial charge in [-0.3, -0.25) is 0 Å². The second-order valence-electron chi connectivity index (χ2n) is 5.38. The van der Waals surface area contributed by atoms with Crippen LogP contribution in [0.4, 0.5) is 10.2 Å². The van der Waals surface area contributed by atoms with Crippen LogP contribution in [0.25, 0.3) is 16.6 Å². The van der Waals surface area contributed by atoms with Crippen LogP contribution in [0.3, 0.4) is 0 Å². The Hall–Kier alpha value is -3.14. The van der Waals surface area contributed by atoms with Crippen molar-refractivity contribution in [2.75, 3.05) is 5.73 Å². The van der Waals surface area contributed by atoms with Crippen molar-refractivity contribution in [3.63, 3.8) is 0 Å². The summed E-state index contributed by atoms with van der Waals surface area (Å²) in [4.78, 5) is 12.0. The minimum absolute atomic E-state index is 0.0103. The second-order valence-corrected chi connectivity index (χ2v) is 6.13. The van der Waals surface area contributed by atoms with E-state index < -0.39 is 5.82 Å². The molecule has 130 valence electrons. The van der Waals surface area contributed by atoms with Gasteiger partial charge in [0.25, 0.3) is 0 Å². The summed E-state index contributed by atoms with van der Waals surface area (Å²) < 4.78 is 21.8. The number of benzene rings is 1.